The molecule has 42 heavy (non-hydrogen) atoms. The van der Waals surface area contributed by atoms with E-state index in [0.29, 0.717) is 46.5 Å². The van der Waals surface area contributed by atoms with Crippen LogP contribution in [0.1, 0.15) is 18.1 Å². The molecule has 0 spiro atoms. The van der Waals surface area contributed by atoms with E-state index < -0.39 is 23.6 Å². The zero-order valence-electron chi connectivity index (χ0n) is 22.8. The number of ether oxygens (including phenoxy) is 4. The molecule has 11 nitrogen and oxygen atoms in total. The van der Waals surface area contributed by atoms with Crippen molar-refractivity contribution in [2.45, 2.75) is 13.8 Å². The summed E-state index contributed by atoms with van der Waals surface area (Å²) in [5.41, 5.74) is 2.71. The fraction of sp³-hybridized carbons (Fsp3) is 0.200. The molecule has 3 aromatic carbocycles. The first-order chi connectivity index (χ1) is 20.3. The molecule has 1 fully saturated rings. The van der Waals surface area contributed by atoms with Crippen molar-refractivity contribution in [2.24, 2.45) is 0 Å². The van der Waals surface area contributed by atoms with Crippen LogP contribution >= 0.6 is 11.8 Å². The van der Waals surface area contributed by atoms with Crippen LogP contribution in [-0.2, 0) is 14.4 Å². The number of amides is 4. The molecule has 2 aliphatic rings. The predicted octanol–water partition coefficient (Wildman–Crippen LogP) is 4.81. The topological polar surface area (TPSA) is 133 Å². The average Bonchev–Trinajstić information content (AvgIpc) is 3.52. The standard InChI is InChI=1S/C30H27N3O8S/c1-3-38-24-12-19(7-9-22(24)39-16-28(35)32-20-6-4-5-18(2)11-20)13-26-29(36)33(30(37)42-26)15-27(34)31-21-8-10-23-25(14-21)41-17-40-23/h4-14H,3,15-17H2,1-2H3,(H,31,34)(H,32,35)/b26-13+. The van der Waals surface area contributed by atoms with Crippen molar-refractivity contribution in [3.8, 4) is 23.0 Å². The Kier molecular flexibility index (Phi) is 8.63. The third-order valence-corrected chi connectivity index (χ3v) is 6.96. The van der Waals surface area contributed by atoms with E-state index in [-0.39, 0.29) is 24.2 Å². The zero-order chi connectivity index (χ0) is 29.6. The summed E-state index contributed by atoms with van der Waals surface area (Å²) in [6, 6.07) is 17.3. The first-order valence-corrected chi connectivity index (χ1v) is 13.8. The van der Waals surface area contributed by atoms with E-state index in [1.54, 1.807) is 49.4 Å². The van der Waals surface area contributed by atoms with Crippen molar-refractivity contribution in [3.63, 3.8) is 0 Å². The van der Waals surface area contributed by atoms with Crippen LogP contribution < -0.4 is 29.6 Å². The van der Waals surface area contributed by atoms with Crippen molar-refractivity contribution in [1.82, 2.24) is 4.90 Å². The second-order valence-corrected chi connectivity index (χ2v) is 10.2. The van der Waals surface area contributed by atoms with E-state index in [1.807, 2.05) is 25.1 Å². The van der Waals surface area contributed by atoms with Gasteiger partial charge in [-0.15, -0.1) is 0 Å². The Labute approximate surface area is 245 Å². The van der Waals surface area contributed by atoms with E-state index >= 15 is 0 Å². The second kappa shape index (κ2) is 12.7. The summed E-state index contributed by atoms with van der Waals surface area (Å²) in [5.74, 6) is 0.331. The number of benzene rings is 3. The fourth-order valence-electron chi connectivity index (χ4n) is 4.17. The molecule has 0 saturated carbocycles. The van der Waals surface area contributed by atoms with Gasteiger partial charge in [0.2, 0.25) is 12.7 Å². The summed E-state index contributed by atoms with van der Waals surface area (Å²) < 4.78 is 21.9. The number of carbonyl (C=O) groups is 4. The minimum absolute atomic E-state index is 0.101. The fourth-order valence-corrected chi connectivity index (χ4v) is 5.01. The molecule has 12 heteroatoms. The van der Waals surface area contributed by atoms with Crippen molar-refractivity contribution < 1.29 is 38.1 Å². The number of hydrogen-bond donors (Lipinski definition) is 2. The van der Waals surface area contributed by atoms with E-state index in [4.69, 9.17) is 18.9 Å². The quantitative estimate of drug-likeness (QED) is 0.320. The lowest BCUT2D eigenvalue weighted by Gasteiger charge is -2.13. The number of imide groups is 1. The monoisotopic (exact) mass is 589 g/mol. The van der Waals surface area contributed by atoms with Crippen LogP contribution in [0.25, 0.3) is 6.08 Å². The average molecular weight is 590 g/mol. The molecule has 1 saturated heterocycles. The van der Waals surface area contributed by atoms with Gasteiger partial charge in [-0.2, -0.15) is 0 Å². The highest BCUT2D eigenvalue weighted by Gasteiger charge is 2.36. The van der Waals surface area contributed by atoms with Crippen LogP contribution in [0.4, 0.5) is 16.2 Å². The highest BCUT2D eigenvalue weighted by atomic mass is 32.2. The van der Waals surface area contributed by atoms with Crippen molar-refractivity contribution in [2.75, 3.05) is 37.2 Å². The molecule has 0 aliphatic carbocycles. The summed E-state index contributed by atoms with van der Waals surface area (Å²) in [6.45, 7) is 3.50. The zero-order valence-corrected chi connectivity index (χ0v) is 23.6. The third-order valence-electron chi connectivity index (χ3n) is 6.06. The predicted molar refractivity (Wildman–Crippen MR) is 157 cm³/mol. The number of fused-ring (bicyclic) bond motifs is 1. The maximum atomic E-state index is 13.0. The van der Waals surface area contributed by atoms with Crippen LogP contribution in [0, 0.1) is 6.92 Å². The lowest BCUT2D eigenvalue weighted by Crippen LogP contribution is -2.36. The summed E-state index contributed by atoms with van der Waals surface area (Å²) in [5, 5.41) is 4.88. The smallest absolute Gasteiger partial charge is 0.294 e. The number of nitrogens with zero attached hydrogens (tertiary/aromatic N) is 1. The van der Waals surface area contributed by atoms with Crippen LogP contribution in [0.15, 0.2) is 65.6 Å². The highest BCUT2D eigenvalue weighted by Crippen LogP contribution is 2.36. The van der Waals surface area contributed by atoms with Crippen LogP contribution in [-0.4, -0.2) is 54.4 Å². The van der Waals surface area contributed by atoms with Crippen LogP contribution in [0.5, 0.6) is 23.0 Å². The van der Waals surface area contributed by atoms with Gasteiger partial charge in [0.05, 0.1) is 11.5 Å². The Hall–Kier alpha value is -4.97. The number of thioether (sulfide) groups is 1. The molecule has 0 atom stereocenters. The van der Waals surface area contributed by atoms with Gasteiger partial charge < -0.3 is 29.6 Å². The van der Waals surface area contributed by atoms with Gasteiger partial charge in [0.25, 0.3) is 17.1 Å². The van der Waals surface area contributed by atoms with Gasteiger partial charge in [-0.3, -0.25) is 24.1 Å². The first kappa shape index (κ1) is 28.6. The van der Waals surface area contributed by atoms with Crippen LogP contribution in [0.2, 0.25) is 0 Å². The Bertz CT molecular complexity index is 1590. The second-order valence-electron chi connectivity index (χ2n) is 9.23. The number of carbonyl (C=O) groups excluding carboxylic acids is 4. The highest BCUT2D eigenvalue weighted by molar-refractivity contribution is 8.18. The molecule has 2 heterocycles. The van der Waals surface area contributed by atoms with Gasteiger partial charge in [0, 0.05) is 17.4 Å². The van der Waals surface area contributed by atoms with Crippen LogP contribution in [0.3, 0.4) is 0 Å². The molecule has 0 unspecified atom stereocenters. The lowest BCUT2D eigenvalue weighted by molar-refractivity contribution is -0.127. The molecule has 5 rings (SSSR count). The number of nitrogens with one attached hydrogen (secondary N) is 2. The van der Waals surface area contributed by atoms with Gasteiger partial charge >= 0.3 is 0 Å². The van der Waals surface area contributed by atoms with E-state index in [0.717, 1.165) is 22.2 Å². The lowest BCUT2D eigenvalue weighted by atomic mass is 10.2. The molecule has 2 N–H and O–H groups in total. The first-order valence-electron chi connectivity index (χ1n) is 13.0. The minimum atomic E-state index is -0.586. The van der Waals surface area contributed by atoms with Gasteiger partial charge in [-0.1, -0.05) is 18.2 Å². The SMILES string of the molecule is CCOc1cc(/C=C2/SC(=O)N(CC(=O)Nc3ccc4c(c3)OCO4)C2=O)ccc1OCC(=O)Nc1cccc(C)c1. The molecule has 0 bridgehead atoms. The van der Waals surface area contributed by atoms with Crippen molar-refractivity contribution in [1.29, 1.82) is 0 Å². The number of hydrogen-bond acceptors (Lipinski definition) is 9. The number of aryl methyl sites for hydroxylation is 1. The molecule has 216 valence electrons. The van der Waals surface area contributed by atoms with Gasteiger partial charge in [-0.25, -0.2) is 0 Å². The third kappa shape index (κ3) is 6.84. The molecular weight excluding hydrogens is 562 g/mol. The Morgan fingerprint density at radius 1 is 0.929 bits per heavy atom. The summed E-state index contributed by atoms with van der Waals surface area (Å²) in [4.78, 5) is 51.6. The van der Waals surface area contributed by atoms with Crippen molar-refractivity contribution >= 4 is 52.2 Å². The van der Waals surface area contributed by atoms with E-state index in [2.05, 4.69) is 10.6 Å². The van der Waals surface area contributed by atoms with E-state index in [1.165, 1.54) is 6.08 Å². The molecule has 0 aromatic heterocycles. The number of rotatable bonds is 10. The Morgan fingerprint density at radius 2 is 1.71 bits per heavy atom. The molecule has 0 radical (unpaired) electrons. The van der Waals surface area contributed by atoms with Gasteiger partial charge in [0.15, 0.2) is 29.6 Å². The Balaban J connectivity index is 1.21. The maximum absolute atomic E-state index is 13.0. The molecule has 4 amide bonds. The summed E-state index contributed by atoms with van der Waals surface area (Å²) in [7, 11) is 0. The van der Waals surface area contributed by atoms with E-state index in [9.17, 15) is 19.2 Å². The minimum Gasteiger partial charge on any atom is -0.490 e. The molecule has 2 aliphatic heterocycles. The maximum Gasteiger partial charge on any atom is 0.294 e. The largest absolute Gasteiger partial charge is 0.490 e. The van der Waals surface area contributed by atoms with Crippen molar-refractivity contribution in [3.05, 3.63) is 76.7 Å². The van der Waals surface area contributed by atoms with Gasteiger partial charge in [-0.05, 0) is 79.2 Å². The normalized spacial score (nSPS) is 14.7. The summed E-state index contributed by atoms with van der Waals surface area (Å²) in [6.07, 6.45) is 1.54. The Morgan fingerprint density at radius 3 is 2.52 bits per heavy atom. The molecular formula is C30H27N3O8S. The van der Waals surface area contributed by atoms with Gasteiger partial charge in [0.1, 0.15) is 6.54 Å². The number of anilines is 2. The molecule has 3 aromatic rings. The summed E-state index contributed by atoms with van der Waals surface area (Å²) >= 11 is 0.738.